The number of hydrogen-bond acceptors (Lipinski definition) is 2. The Hall–Kier alpha value is 0.500. The lowest BCUT2D eigenvalue weighted by molar-refractivity contribution is 0.267. The van der Waals surface area contributed by atoms with Crippen molar-refractivity contribution < 1.29 is 0 Å². The zero-order valence-corrected chi connectivity index (χ0v) is 12.0. The Morgan fingerprint density at radius 3 is 1.80 bits per heavy atom. The first-order valence-electron chi connectivity index (χ1n) is 5.68. The van der Waals surface area contributed by atoms with Crippen molar-refractivity contribution in [3.63, 3.8) is 0 Å². The molecule has 0 aliphatic carbocycles. The highest BCUT2D eigenvalue weighted by molar-refractivity contribution is 5.85. The second-order valence-corrected chi connectivity index (χ2v) is 3.96. The third-order valence-electron chi connectivity index (χ3n) is 2.21. The first kappa shape index (κ1) is 20.9. The van der Waals surface area contributed by atoms with Gasteiger partial charge >= 0.3 is 0 Å². The molecule has 96 valence electrons. The molecule has 0 saturated carbocycles. The van der Waals surface area contributed by atoms with Gasteiger partial charge in [-0.25, -0.2) is 0 Å². The molecule has 0 fully saturated rings. The summed E-state index contributed by atoms with van der Waals surface area (Å²) in [7, 11) is 0. The fraction of sp³-hybridized carbons (Fsp3) is 1.00. The van der Waals surface area contributed by atoms with Gasteiger partial charge in [0.05, 0.1) is 0 Å². The largest absolute Gasteiger partial charge is 0.328 e. The second kappa shape index (κ2) is 14.5. The van der Waals surface area contributed by atoms with Crippen LogP contribution in [0.4, 0.5) is 0 Å². The van der Waals surface area contributed by atoms with Crippen LogP contribution in [-0.2, 0) is 0 Å². The van der Waals surface area contributed by atoms with E-state index in [0.717, 1.165) is 6.42 Å². The molecule has 0 rings (SSSR count). The van der Waals surface area contributed by atoms with Gasteiger partial charge in [-0.1, -0.05) is 13.8 Å². The van der Waals surface area contributed by atoms with Crippen molar-refractivity contribution in [3.05, 3.63) is 0 Å². The molecule has 0 saturated heterocycles. The molecule has 0 aliphatic rings. The smallest absolute Gasteiger partial charge is 0.00109 e. The minimum atomic E-state index is 0. The van der Waals surface area contributed by atoms with Crippen LogP contribution in [0.1, 0.15) is 46.5 Å². The molecule has 4 heteroatoms. The van der Waals surface area contributed by atoms with E-state index in [4.69, 9.17) is 5.73 Å². The van der Waals surface area contributed by atoms with E-state index in [9.17, 15) is 0 Å². The predicted octanol–water partition coefficient (Wildman–Crippen LogP) is 3.08. The van der Waals surface area contributed by atoms with E-state index in [2.05, 4.69) is 25.7 Å². The molecule has 0 amide bonds. The molecule has 1 unspecified atom stereocenters. The Morgan fingerprint density at radius 2 is 1.47 bits per heavy atom. The van der Waals surface area contributed by atoms with Crippen molar-refractivity contribution in [2.75, 3.05) is 19.6 Å². The summed E-state index contributed by atoms with van der Waals surface area (Å²) in [5.74, 6) is 0. The van der Waals surface area contributed by atoms with Gasteiger partial charge in [0, 0.05) is 6.04 Å². The molecule has 1 atom stereocenters. The van der Waals surface area contributed by atoms with Crippen molar-refractivity contribution in [2.45, 2.75) is 52.5 Å². The Kier molecular flexibility index (Phi) is 20.2. The maximum Gasteiger partial charge on any atom is 0.00109 e. The lowest BCUT2D eigenvalue weighted by Crippen LogP contribution is -2.27. The van der Waals surface area contributed by atoms with Gasteiger partial charge in [-0.3, -0.25) is 0 Å². The summed E-state index contributed by atoms with van der Waals surface area (Å²) < 4.78 is 0. The molecule has 2 nitrogen and oxygen atoms in total. The monoisotopic (exact) mass is 258 g/mol. The maximum atomic E-state index is 5.71. The van der Waals surface area contributed by atoms with Gasteiger partial charge in [0.25, 0.3) is 0 Å². The van der Waals surface area contributed by atoms with Crippen molar-refractivity contribution in [3.8, 4) is 0 Å². The highest BCUT2D eigenvalue weighted by Crippen LogP contribution is 2.00. The highest BCUT2D eigenvalue weighted by atomic mass is 35.5. The van der Waals surface area contributed by atoms with Crippen molar-refractivity contribution in [1.29, 1.82) is 0 Å². The SMILES string of the molecule is CCCN(CCC)CCCC(C)N.Cl.Cl. The summed E-state index contributed by atoms with van der Waals surface area (Å²) in [6.45, 7) is 10.3. The number of hydrogen-bond donors (Lipinski definition) is 1. The van der Waals surface area contributed by atoms with Crippen LogP contribution in [-0.4, -0.2) is 30.6 Å². The quantitative estimate of drug-likeness (QED) is 0.725. The first-order chi connectivity index (χ1) is 6.20. The van der Waals surface area contributed by atoms with E-state index in [1.165, 1.54) is 38.9 Å². The van der Waals surface area contributed by atoms with Crippen LogP contribution < -0.4 is 5.73 Å². The normalized spacial score (nSPS) is 11.8. The van der Waals surface area contributed by atoms with E-state index in [-0.39, 0.29) is 24.8 Å². The molecule has 0 aromatic rings. The number of nitrogens with two attached hydrogens (primary N) is 1. The molecule has 0 aromatic heterocycles. The van der Waals surface area contributed by atoms with Crippen molar-refractivity contribution >= 4 is 24.8 Å². The van der Waals surface area contributed by atoms with E-state index in [1.54, 1.807) is 0 Å². The van der Waals surface area contributed by atoms with Crippen LogP contribution in [0.15, 0.2) is 0 Å². The summed E-state index contributed by atoms with van der Waals surface area (Å²) in [6, 6.07) is 0.366. The molecule has 0 spiro atoms. The molecular weight excluding hydrogens is 231 g/mol. The molecule has 0 aromatic carbocycles. The average molecular weight is 259 g/mol. The van der Waals surface area contributed by atoms with Gasteiger partial charge in [0.1, 0.15) is 0 Å². The van der Waals surface area contributed by atoms with E-state index in [0.29, 0.717) is 6.04 Å². The summed E-state index contributed by atoms with van der Waals surface area (Å²) >= 11 is 0. The van der Waals surface area contributed by atoms with Crippen LogP contribution in [0.25, 0.3) is 0 Å². The third-order valence-corrected chi connectivity index (χ3v) is 2.21. The van der Waals surface area contributed by atoms with Crippen LogP contribution in [0.5, 0.6) is 0 Å². The molecule has 2 N–H and O–H groups in total. The lowest BCUT2D eigenvalue weighted by Gasteiger charge is -2.21. The van der Waals surface area contributed by atoms with Crippen molar-refractivity contribution in [2.24, 2.45) is 5.73 Å². The minimum absolute atomic E-state index is 0. The highest BCUT2D eigenvalue weighted by Gasteiger charge is 2.02. The molecular formula is C11H28Cl2N2. The third kappa shape index (κ3) is 14.5. The Labute approximate surface area is 108 Å². The van der Waals surface area contributed by atoms with E-state index < -0.39 is 0 Å². The number of halogens is 2. The summed E-state index contributed by atoms with van der Waals surface area (Å²) in [4.78, 5) is 2.54. The molecule has 0 radical (unpaired) electrons. The molecule has 15 heavy (non-hydrogen) atoms. The molecule has 0 bridgehead atoms. The molecule has 0 aliphatic heterocycles. The fourth-order valence-corrected chi connectivity index (χ4v) is 1.60. The van der Waals surface area contributed by atoms with Crippen LogP contribution >= 0.6 is 24.8 Å². The van der Waals surface area contributed by atoms with Crippen LogP contribution in [0.2, 0.25) is 0 Å². The summed E-state index contributed by atoms with van der Waals surface area (Å²) in [6.07, 6.45) is 4.93. The zero-order valence-electron chi connectivity index (χ0n) is 10.4. The minimum Gasteiger partial charge on any atom is -0.328 e. The Bertz CT molecular complexity index is 105. The van der Waals surface area contributed by atoms with Gasteiger partial charge in [0.15, 0.2) is 0 Å². The number of rotatable bonds is 8. The predicted molar refractivity (Wildman–Crippen MR) is 74.4 cm³/mol. The van der Waals surface area contributed by atoms with Gasteiger partial charge < -0.3 is 10.6 Å². The zero-order chi connectivity index (χ0) is 10.1. The fourth-order valence-electron chi connectivity index (χ4n) is 1.60. The standard InChI is InChI=1S/C11H26N2.2ClH/c1-4-8-13(9-5-2)10-6-7-11(3)12;;/h11H,4-10,12H2,1-3H3;2*1H. The Balaban J connectivity index is -0.000000720. The van der Waals surface area contributed by atoms with Crippen LogP contribution in [0.3, 0.4) is 0 Å². The topological polar surface area (TPSA) is 29.3 Å². The van der Waals surface area contributed by atoms with Gasteiger partial charge in [-0.05, 0) is 52.2 Å². The molecule has 0 heterocycles. The van der Waals surface area contributed by atoms with Gasteiger partial charge in [0.2, 0.25) is 0 Å². The number of nitrogens with zero attached hydrogens (tertiary/aromatic N) is 1. The lowest BCUT2D eigenvalue weighted by atomic mass is 10.2. The van der Waals surface area contributed by atoms with Crippen LogP contribution in [0, 0.1) is 0 Å². The van der Waals surface area contributed by atoms with E-state index >= 15 is 0 Å². The van der Waals surface area contributed by atoms with Gasteiger partial charge in [-0.15, -0.1) is 24.8 Å². The summed E-state index contributed by atoms with van der Waals surface area (Å²) in [5.41, 5.74) is 5.71. The second-order valence-electron chi connectivity index (χ2n) is 3.96. The summed E-state index contributed by atoms with van der Waals surface area (Å²) in [5, 5.41) is 0. The first-order valence-corrected chi connectivity index (χ1v) is 5.68. The maximum absolute atomic E-state index is 5.71. The Morgan fingerprint density at radius 1 is 1.00 bits per heavy atom. The van der Waals surface area contributed by atoms with Gasteiger partial charge in [-0.2, -0.15) is 0 Å². The van der Waals surface area contributed by atoms with E-state index in [1.807, 2.05) is 0 Å². The van der Waals surface area contributed by atoms with Crippen molar-refractivity contribution in [1.82, 2.24) is 4.90 Å². The average Bonchev–Trinajstić information content (AvgIpc) is 2.04.